The van der Waals surface area contributed by atoms with Crippen LogP contribution in [0.15, 0.2) is 59.0 Å². The molecule has 2 aromatic heterocycles. The van der Waals surface area contributed by atoms with Crippen molar-refractivity contribution >= 4 is 16.9 Å². The fourth-order valence-electron chi connectivity index (χ4n) is 3.01. The standard InChI is InChI=1S/C21H18N2O3/c1-13-19(16-10-6-7-11-17(16)22-13)21(24)25-12-18-14(2)26-20(23-18)15-8-4-3-5-9-15/h3-11,22H,12H2,1-2H3. The van der Waals surface area contributed by atoms with Crippen LogP contribution in [0.1, 0.15) is 27.5 Å². The van der Waals surface area contributed by atoms with Crippen LogP contribution in [0.2, 0.25) is 0 Å². The van der Waals surface area contributed by atoms with Gasteiger partial charge < -0.3 is 14.1 Å². The number of esters is 1. The predicted molar refractivity (Wildman–Crippen MR) is 98.8 cm³/mol. The van der Waals surface area contributed by atoms with Crippen LogP contribution >= 0.6 is 0 Å². The number of ether oxygens (including phenoxy) is 1. The van der Waals surface area contributed by atoms with E-state index in [1.54, 1.807) is 0 Å². The highest BCUT2D eigenvalue weighted by Gasteiger charge is 2.19. The summed E-state index contributed by atoms with van der Waals surface area (Å²) in [5.74, 6) is 0.799. The number of carbonyl (C=O) groups is 1. The summed E-state index contributed by atoms with van der Waals surface area (Å²) in [5.41, 5.74) is 3.78. The Morgan fingerprint density at radius 3 is 2.62 bits per heavy atom. The average Bonchev–Trinajstić information content (AvgIpc) is 3.19. The van der Waals surface area contributed by atoms with E-state index in [1.807, 2.05) is 68.4 Å². The number of para-hydroxylation sites is 1. The molecule has 0 radical (unpaired) electrons. The van der Waals surface area contributed by atoms with Gasteiger partial charge in [0, 0.05) is 22.2 Å². The first-order valence-corrected chi connectivity index (χ1v) is 8.39. The molecule has 2 heterocycles. The number of hydrogen-bond acceptors (Lipinski definition) is 4. The minimum Gasteiger partial charge on any atom is -0.455 e. The van der Waals surface area contributed by atoms with Crippen molar-refractivity contribution in [1.29, 1.82) is 0 Å². The number of oxazole rings is 1. The van der Waals surface area contributed by atoms with Gasteiger partial charge in [-0.3, -0.25) is 0 Å². The number of aromatic nitrogens is 2. The second-order valence-electron chi connectivity index (χ2n) is 6.13. The Bertz CT molecular complexity index is 1080. The molecule has 0 aliphatic heterocycles. The molecule has 130 valence electrons. The van der Waals surface area contributed by atoms with E-state index in [1.165, 1.54) is 0 Å². The molecule has 5 nitrogen and oxygen atoms in total. The van der Waals surface area contributed by atoms with Crippen molar-refractivity contribution in [2.75, 3.05) is 0 Å². The molecule has 1 N–H and O–H groups in total. The fourth-order valence-corrected chi connectivity index (χ4v) is 3.01. The molecule has 0 fully saturated rings. The van der Waals surface area contributed by atoms with Gasteiger partial charge in [0.05, 0.1) is 5.56 Å². The number of benzene rings is 2. The highest BCUT2D eigenvalue weighted by atomic mass is 16.5. The summed E-state index contributed by atoms with van der Waals surface area (Å²) < 4.78 is 11.2. The van der Waals surface area contributed by atoms with E-state index in [0.717, 1.165) is 22.2 Å². The highest BCUT2D eigenvalue weighted by Crippen LogP contribution is 2.24. The van der Waals surface area contributed by atoms with E-state index < -0.39 is 0 Å². The van der Waals surface area contributed by atoms with Crippen LogP contribution in [0.3, 0.4) is 0 Å². The minimum atomic E-state index is -0.372. The lowest BCUT2D eigenvalue weighted by Gasteiger charge is -2.03. The molecular formula is C21H18N2O3. The van der Waals surface area contributed by atoms with E-state index in [0.29, 0.717) is 22.9 Å². The number of aromatic amines is 1. The van der Waals surface area contributed by atoms with Crippen molar-refractivity contribution in [2.24, 2.45) is 0 Å². The lowest BCUT2D eigenvalue weighted by atomic mass is 10.1. The van der Waals surface area contributed by atoms with Crippen LogP contribution in [0.4, 0.5) is 0 Å². The van der Waals surface area contributed by atoms with Crippen LogP contribution < -0.4 is 0 Å². The van der Waals surface area contributed by atoms with Crippen LogP contribution in [-0.2, 0) is 11.3 Å². The lowest BCUT2D eigenvalue weighted by molar-refractivity contribution is 0.0468. The fraction of sp³-hybridized carbons (Fsp3) is 0.143. The zero-order chi connectivity index (χ0) is 18.1. The lowest BCUT2D eigenvalue weighted by Crippen LogP contribution is -2.07. The van der Waals surface area contributed by atoms with Crippen molar-refractivity contribution in [3.05, 3.63) is 77.3 Å². The number of rotatable bonds is 4. The van der Waals surface area contributed by atoms with Gasteiger partial charge >= 0.3 is 5.97 Å². The SMILES string of the molecule is Cc1[nH]c2ccccc2c1C(=O)OCc1nc(-c2ccccc2)oc1C. The van der Waals surface area contributed by atoms with Crippen LogP contribution in [-0.4, -0.2) is 15.9 Å². The van der Waals surface area contributed by atoms with Crippen LogP contribution in [0.5, 0.6) is 0 Å². The van der Waals surface area contributed by atoms with Gasteiger partial charge in [-0.05, 0) is 32.0 Å². The Balaban J connectivity index is 1.55. The topological polar surface area (TPSA) is 68.1 Å². The maximum Gasteiger partial charge on any atom is 0.340 e. The third-order valence-corrected chi connectivity index (χ3v) is 4.35. The number of aryl methyl sites for hydroxylation is 2. The molecule has 0 amide bonds. The summed E-state index contributed by atoms with van der Waals surface area (Å²) in [4.78, 5) is 20.3. The zero-order valence-corrected chi connectivity index (χ0v) is 14.6. The average molecular weight is 346 g/mol. The molecule has 0 bridgehead atoms. The maximum absolute atomic E-state index is 12.6. The molecule has 0 atom stereocenters. The maximum atomic E-state index is 12.6. The van der Waals surface area contributed by atoms with Gasteiger partial charge in [-0.1, -0.05) is 36.4 Å². The Labute approximate surface area is 150 Å². The number of fused-ring (bicyclic) bond motifs is 1. The molecule has 0 spiro atoms. The van der Waals surface area contributed by atoms with Crippen molar-refractivity contribution in [2.45, 2.75) is 20.5 Å². The quantitative estimate of drug-likeness (QED) is 0.539. The number of nitrogens with one attached hydrogen (secondary N) is 1. The largest absolute Gasteiger partial charge is 0.455 e. The zero-order valence-electron chi connectivity index (χ0n) is 14.6. The second kappa shape index (κ2) is 6.52. The molecular weight excluding hydrogens is 328 g/mol. The Morgan fingerprint density at radius 2 is 1.81 bits per heavy atom. The van der Waals surface area contributed by atoms with E-state index in [4.69, 9.17) is 9.15 Å². The molecule has 0 unspecified atom stereocenters. The molecule has 0 saturated carbocycles. The molecule has 2 aromatic carbocycles. The Hall–Kier alpha value is -3.34. The molecule has 0 aliphatic rings. The molecule has 0 saturated heterocycles. The van der Waals surface area contributed by atoms with Gasteiger partial charge in [0.1, 0.15) is 18.1 Å². The van der Waals surface area contributed by atoms with E-state index in [2.05, 4.69) is 9.97 Å². The molecule has 4 rings (SSSR count). The Morgan fingerprint density at radius 1 is 1.08 bits per heavy atom. The summed E-state index contributed by atoms with van der Waals surface area (Å²) in [5, 5.41) is 0.858. The van der Waals surface area contributed by atoms with Gasteiger partial charge in [-0.2, -0.15) is 0 Å². The third-order valence-electron chi connectivity index (χ3n) is 4.35. The summed E-state index contributed by atoms with van der Waals surface area (Å²) >= 11 is 0. The number of carbonyl (C=O) groups excluding carboxylic acids is 1. The van der Waals surface area contributed by atoms with Gasteiger partial charge in [0.2, 0.25) is 5.89 Å². The van der Waals surface area contributed by atoms with Gasteiger partial charge in [0.15, 0.2) is 0 Å². The molecule has 26 heavy (non-hydrogen) atoms. The number of nitrogens with zero attached hydrogens (tertiary/aromatic N) is 1. The van der Waals surface area contributed by atoms with Crippen molar-refractivity contribution < 1.29 is 13.9 Å². The first-order valence-electron chi connectivity index (χ1n) is 8.39. The highest BCUT2D eigenvalue weighted by molar-refractivity contribution is 6.05. The van der Waals surface area contributed by atoms with Crippen molar-refractivity contribution in [1.82, 2.24) is 9.97 Å². The number of hydrogen-bond donors (Lipinski definition) is 1. The monoisotopic (exact) mass is 346 g/mol. The molecule has 0 aliphatic carbocycles. The van der Waals surface area contributed by atoms with Crippen LogP contribution in [0.25, 0.3) is 22.4 Å². The minimum absolute atomic E-state index is 0.0694. The van der Waals surface area contributed by atoms with Crippen molar-refractivity contribution in [3.8, 4) is 11.5 Å². The molecule has 4 aromatic rings. The van der Waals surface area contributed by atoms with Gasteiger partial charge in [-0.25, -0.2) is 9.78 Å². The molecule has 5 heteroatoms. The Kier molecular flexibility index (Phi) is 4.05. The summed E-state index contributed by atoms with van der Waals surface area (Å²) in [6, 6.07) is 17.3. The van der Waals surface area contributed by atoms with Gasteiger partial charge in [-0.15, -0.1) is 0 Å². The second-order valence-corrected chi connectivity index (χ2v) is 6.13. The van der Waals surface area contributed by atoms with Crippen molar-refractivity contribution in [3.63, 3.8) is 0 Å². The van der Waals surface area contributed by atoms with Crippen LogP contribution in [0, 0.1) is 13.8 Å². The van der Waals surface area contributed by atoms with E-state index in [9.17, 15) is 4.79 Å². The van der Waals surface area contributed by atoms with E-state index in [-0.39, 0.29) is 12.6 Å². The van der Waals surface area contributed by atoms with E-state index >= 15 is 0 Å². The first-order chi connectivity index (χ1) is 12.6. The first kappa shape index (κ1) is 16.1. The predicted octanol–water partition coefficient (Wildman–Crippen LogP) is 4.80. The smallest absolute Gasteiger partial charge is 0.340 e. The third kappa shape index (κ3) is 2.88. The summed E-state index contributed by atoms with van der Waals surface area (Å²) in [6.45, 7) is 3.75. The summed E-state index contributed by atoms with van der Waals surface area (Å²) in [6.07, 6.45) is 0. The normalized spacial score (nSPS) is 11.0. The van der Waals surface area contributed by atoms with Gasteiger partial charge in [0.25, 0.3) is 0 Å². The summed E-state index contributed by atoms with van der Waals surface area (Å²) in [7, 11) is 0. The number of H-pyrrole nitrogens is 1.